The molecule has 0 aromatic carbocycles. The molecular weight excluding hydrogens is 243 g/mol. The van der Waals surface area contributed by atoms with Crippen molar-refractivity contribution in [1.82, 2.24) is 0 Å². The van der Waals surface area contributed by atoms with E-state index in [1.807, 2.05) is 0 Å². The first-order valence-electron chi connectivity index (χ1n) is 0.500. The van der Waals surface area contributed by atoms with Crippen molar-refractivity contribution in [1.29, 1.82) is 0 Å². The van der Waals surface area contributed by atoms with E-state index >= 15 is 0 Å². The van der Waals surface area contributed by atoms with Gasteiger partial charge in [-0.25, -0.2) is 0 Å². The molecule has 0 saturated heterocycles. The molecule has 0 heterocycles. The molecular formula is CeNaO3S+3. The Morgan fingerprint density at radius 2 is 1.33 bits per heavy atom. The third-order valence-electron chi connectivity index (χ3n) is 0. The standard InChI is InChI=1S/Ce.Na.H2O3S/c;;1-4(2)3/h;;(H2,1,2,3)/q+4;+1;/p-2. The van der Waals surface area contributed by atoms with Gasteiger partial charge in [0.2, 0.25) is 0 Å². The maximum absolute atomic E-state index is 8.44. The SMILES string of the molecule is O=S([O-])[O-].[Ce+4].[Na+]. The van der Waals surface area contributed by atoms with E-state index in [9.17, 15) is 0 Å². The smallest absolute Gasteiger partial charge is 0.784 e. The van der Waals surface area contributed by atoms with E-state index in [2.05, 4.69) is 0 Å². The Balaban J connectivity index is -0.0000000450. The van der Waals surface area contributed by atoms with E-state index in [0.29, 0.717) is 0 Å². The molecule has 0 aromatic rings. The van der Waals surface area contributed by atoms with E-state index in [1.165, 1.54) is 0 Å². The quantitative estimate of drug-likeness (QED) is 0.322. The molecule has 0 spiro atoms. The van der Waals surface area contributed by atoms with Gasteiger partial charge in [-0.15, -0.1) is 11.4 Å². The summed E-state index contributed by atoms with van der Waals surface area (Å²) in [5.74, 6) is 0. The molecule has 6 heavy (non-hydrogen) atoms. The zero-order valence-corrected chi connectivity index (χ0v) is 9.09. The molecule has 0 atom stereocenters. The summed E-state index contributed by atoms with van der Waals surface area (Å²) in [6.07, 6.45) is 0. The van der Waals surface area contributed by atoms with E-state index in [1.54, 1.807) is 0 Å². The molecule has 3 nitrogen and oxygen atoms in total. The maximum Gasteiger partial charge on any atom is 4.00 e. The fourth-order valence-electron chi connectivity index (χ4n) is 0. The molecule has 0 unspecified atom stereocenters. The minimum absolute atomic E-state index is 0. The molecule has 0 aliphatic rings. The van der Waals surface area contributed by atoms with E-state index in [4.69, 9.17) is 13.3 Å². The van der Waals surface area contributed by atoms with Crippen LogP contribution in [0, 0.1) is 41.7 Å². The normalized spacial score (nSPS) is 5.83. The number of hydrogen-bond acceptors (Lipinski definition) is 3. The van der Waals surface area contributed by atoms with Gasteiger partial charge in [0.25, 0.3) is 0 Å². The van der Waals surface area contributed by atoms with Gasteiger partial charge in [-0.3, -0.25) is 4.21 Å². The Kier molecular flexibility index (Phi) is 27.5. The molecule has 0 rings (SSSR count). The molecule has 26 valence electrons. The van der Waals surface area contributed by atoms with Crippen LogP contribution in [-0.2, 0) is 11.4 Å². The van der Waals surface area contributed by atoms with Gasteiger partial charge in [0.05, 0.1) is 0 Å². The molecule has 0 aliphatic heterocycles. The second-order valence-corrected chi connectivity index (χ2v) is 0.612. The molecule has 0 radical (unpaired) electrons. The molecule has 0 bridgehead atoms. The van der Waals surface area contributed by atoms with Crippen molar-refractivity contribution in [2.75, 3.05) is 0 Å². The van der Waals surface area contributed by atoms with Crippen molar-refractivity contribution in [2.45, 2.75) is 0 Å². The minimum Gasteiger partial charge on any atom is -0.784 e. The summed E-state index contributed by atoms with van der Waals surface area (Å²) in [5, 5.41) is 0. The van der Waals surface area contributed by atoms with Crippen LogP contribution < -0.4 is 29.6 Å². The van der Waals surface area contributed by atoms with Crippen molar-refractivity contribution in [3.8, 4) is 0 Å². The van der Waals surface area contributed by atoms with Crippen molar-refractivity contribution in [2.24, 2.45) is 0 Å². The largest absolute Gasteiger partial charge is 4.00 e. The molecule has 0 aliphatic carbocycles. The van der Waals surface area contributed by atoms with Crippen LogP contribution in [0.25, 0.3) is 0 Å². The van der Waals surface area contributed by atoms with E-state index in [0.717, 1.165) is 0 Å². The monoisotopic (exact) mass is 243 g/mol. The Bertz CT molecular complexity index is 33.8. The second kappa shape index (κ2) is 10.4. The predicted octanol–water partition coefficient (Wildman–Crippen LogP) is -4.00. The van der Waals surface area contributed by atoms with Gasteiger partial charge in [0, 0.05) is 0 Å². The van der Waals surface area contributed by atoms with Gasteiger partial charge in [0.15, 0.2) is 0 Å². The zero-order valence-electron chi connectivity index (χ0n) is 3.13. The molecule has 0 N–H and O–H groups in total. The number of rotatable bonds is 0. The van der Waals surface area contributed by atoms with Crippen LogP contribution in [0.5, 0.6) is 0 Å². The third-order valence-corrected chi connectivity index (χ3v) is 0. The fourth-order valence-corrected chi connectivity index (χ4v) is 0. The first kappa shape index (κ1) is 15.8. The maximum atomic E-state index is 8.44. The average molecular weight is 243 g/mol. The van der Waals surface area contributed by atoms with Gasteiger partial charge < -0.3 is 9.11 Å². The topological polar surface area (TPSA) is 63.2 Å². The fraction of sp³-hybridized carbons (Fsp3) is 0. The summed E-state index contributed by atoms with van der Waals surface area (Å²) in [7, 11) is 0. The molecule has 0 amide bonds. The van der Waals surface area contributed by atoms with Gasteiger partial charge in [-0.05, 0) is 0 Å². The predicted molar refractivity (Wildman–Crippen MR) is 9.70 cm³/mol. The van der Waals surface area contributed by atoms with Crippen LogP contribution >= 0.6 is 0 Å². The first-order valence-corrected chi connectivity index (χ1v) is 1.50. The van der Waals surface area contributed by atoms with Crippen molar-refractivity contribution in [3.05, 3.63) is 0 Å². The van der Waals surface area contributed by atoms with Crippen LogP contribution in [0.3, 0.4) is 0 Å². The molecule has 0 fully saturated rings. The Morgan fingerprint density at radius 1 is 1.33 bits per heavy atom. The average Bonchev–Trinajstić information content (AvgIpc) is 0.811. The zero-order chi connectivity index (χ0) is 3.58. The van der Waals surface area contributed by atoms with Gasteiger partial charge in [-0.2, -0.15) is 0 Å². The molecule has 6 heteroatoms. The summed E-state index contributed by atoms with van der Waals surface area (Å²) in [6, 6.07) is 0. The van der Waals surface area contributed by atoms with E-state index < -0.39 is 11.4 Å². The third kappa shape index (κ3) is 31.9. The molecule has 0 saturated carbocycles. The second-order valence-electron chi connectivity index (χ2n) is 0.204. The Labute approximate surface area is 94.1 Å². The molecule has 0 aromatic heterocycles. The summed E-state index contributed by atoms with van der Waals surface area (Å²) in [5.41, 5.74) is 0. The minimum atomic E-state index is -3.11. The van der Waals surface area contributed by atoms with Crippen LogP contribution in [0.2, 0.25) is 0 Å². The Morgan fingerprint density at radius 3 is 1.33 bits per heavy atom. The van der Waals surface area contributed by atoms with Crippen LogP contribution in [0.1, 0.15) is 0 Å². The van der Waals surface area contributed by atoms with Crippen molar-refractivity contribution in [3.63, 3.8) is 0 Å². The summed E-state index contributed by atoms with van der Waals surface area (Å²) in [6.45, 7) is 0. The number of hydrogen-bond donors (Lipinski definition) is 0. The van der Waals surface area contributed by atoms with Crippen LogP contribution in [0.15, 0.2) is 0 Å². The van der Waals surface area contributed by atoms with Crippen LogP contribution in [0.4, 0.5) is 0 Å². The van der Waals surface area contributed by atoms with Gasteiger partial charge in [0.1, 0.15) is 0 Å². The Hall–Kier alpha value is 2.45. The van der Waals surface area contributed by atoms with Crippen molar-refractivity contribution < 1.29 is 84.6 Å². The van der Waals surface area contributed by atoms with Gasteiger partial charge >= 0.3 is 71.3 Å². The summed E-state index contributed by atoms with van der Waals surface area (Å²) in [4.78, 5) is 0. The van der Waals surface area contributed by atoms with E-state index in [-0.39, 0.29) is 71.3 Å². The van der Waals surface area contributed by atoms with Crippen LogP contribution in [-0.4, -0.2) is 13.3 Å². The summed E-state index contributed by atoms with van der Waals surface area (Å²) >= 11 is -3.11. The first-order chi connectivity index (χ1) is 1.73. The summed E-state index contributed by atoms with van der Waals surface area (Å²) < 4.78 is 25.3. The van der Waals surface area contributed by atoms with Gasteiger partial charge in [-0.1, -0.05) is 0 Å². The van der Waals surface area contributed by atoms with Crippen molar-refractivity contribution >= 4 is 11.4 Å².